The molecule has 0 atom stereocenters. The first-order chi connectivity index (χ1) is 15.5. The Bertz CT molecular complexity index is 1200. The molecule has 0 fully saturated rings. The van der Waals surface area contributed by atoms with Crippen molar-refractivity contribution in [3.8, 4) is 6.07 Å². The maximum absolute atomic E-state index is 12.3. The highest BCUT2D eigenvalue weighted by atomic mass is 16.4. The van der Waals surface area contributed by atoms with Gasteiger partial charge in [-0.1, -0.05) is 35.9 Å². The number of allylic oxidation sites excluding steroid dienone is 2. The van der Waals surface area contributed by atoms with Crippen LogP contribution >= 0.6 is 0 Å². The zero-order chi connectivity index (χ0) is 22.7. The predicted octanol–water partition coefficient (Wildman–Crippen LogP) is 3.83. The molecule has 0 unspecified atom stereocenters. The molecule has 2 aromatic carbocycles. The first-order valence-electron chi connectivity index (χ1n) is 10.3. The van der Waals surface area contributed by atoms with Gasteiger partial charge in [0.05, 0.1) is 5.57 Å². The van der Waals surface area contributed by atoms with Crippen LogP contribution < -0.4 is 4.90 Å². The quantitative estimate of drug-likeness (QED) is 0.733. The van der Waals surface area contributed by atoms with Gasteiger partial charge in [0.1, 0.15) is 12.6 Å². The van der Waals surface area contributed by atoms with Crippen molar-refractivity contribution in [2.24, 2.45) is 5.10 Å². The molecule has 0 bridgehead atoms. The fourth-order valence-corrected chi connectivity index (χ4v) is 3.90. The van der Waals surface area contributed by atoms with Gasteiger partial charge < -0.3 is 10.0 Å². The molecular weight excluding hydrogens is 404 g/mol. The van der Waals surface area contributed by atoms with E-state index < -0.39 is 18.4 Å². The van der Waals surface area contributed by atoms with E-state index >= 15 is 0 Å². The highest BCUT2D eigenvalue weighted by Crippen LogP contribution is 2.34. The summed E-state index contributed by atoms with van der Waals surface area (Å²) in [5, 5.41) is 22.7. The SMILES string of the molecule is Cc1ccc(N2CCCc3cc(/C=C/C=C4\C(=O)N(CC(=O)O)N=C4C#N)ccc32)cc1. The molecule has 0 saturated carbocycles. The van der Waals surface area contributed by atoms with Gasteiger partial charge in [-0.2, -0.15) is 10.4 Å². The number of nitrogens with zero attached hydrogens (tertiary/aromatic N) is 4. The lowest BCUT2D eigenvalue weighted by molar-refractivity contribution is -0.142. The molecule has 0 radical (unpaired) electrons. The Morgan fingerprint density at radius 1 is 1.25 bits per heavy atom. The number of carboxylic acids is 1. The third-order valence-corrected chi connectivity index (χ3v) is 5.45. The summed E-state index contributed by atoms with van der Waals surface area (Å²) in [4.78, 5) is 25.5. The fraction of sp³-hybridized carbons (Fsp3) is 0.200. The molecule has 1 N–H and O–H groups in total. The molecule has 2 aliphatic rings. The summed E-state index contributed by atoms with van der Waals surface area (Å²) in [6.45, 7) is 2.48. The number of aliphatic carboxylic acids is 1. The number of hydrogen-bond acceptors (Lipinski definition) is 5. The van der Waals surface area contributed by atoms with Gasteiger partial charge in [0, 0.05) is 17.9 Å². The third-order valence-electron chi connectivity index (χ3n) is 5.45. The first kappa shape index (κ1) is 21.1. The van der Waals surface area contributed by atoms with Crippen LogP contribution in [0.1, 0.15) is 23.1 Å². The molecule has 2 aliphatic heterocycles. The molecule has 4 rings (SSSR count). The average molecular weight is 426 g/mol. The van der Waals surface area contributed by atoms with Crippen LogP contribution in [0.2, 0.25) is 0 Å². The van der Waals surface area contributed by atoms with Crippen LogP contribution in [0.3, 0.4) is 0 Å². The Hall–Kier alpha value is -4.18. The van der Waals surface area contributed by atoms with Crippen molar-refractivity contribution in [3.63, 3.8) is 0 Å². The number of anilines is 2. The van der Waals surface area contributed by atoms with Gasteiger partial charge in [-0.15, -0.1) is 0 Å². The molecule has 1 amide bonds. The predicted molar refractivity (Wildman–Crippen MR) is 122 cm³/mol. The van der Waals surface area contributed by atoms with E-state index in [2.05, 4.69) is 53.3 Å². The van der Waals surface area contributed by atoms with Gasteiger partial charge in [0.25, 0.3) is 5.91 Å². The maximum atomic E-state index is 12.3. The molecule has 32 heavy (non-hydrogen) atoms. The molecule has 0 spiro atoms. The van der Waals surface area contributed by atoms with Crippen molar-refractivity contribution in [2.45, 2.75) is 19.8 Å². The Morgan fingerprint density at radius 3 is 2.75 bits per heavy atom. The molecule has 2 aromatic rings. The van der Waals surface area contributed by atoms with E-state index in [0.717, 1.165) is 30.0 Å². The third kappa shape index (κ3) is 4.30. The van der Waals surface area contributed by atoms with Gasteiger partial charge in [-0.3, -0.25) is 9.59 Å². The fourth-order valence-electron chi connectivity index (χ4n) is 3.90. The molecule has 7 heteroatoms. The smallest absolute Gasteiger partial charge is 0.325 e. The van der Waals surface area contributed by atoms with Crippen molar-refractivity contribution in [3.05, 3.63) is 76.9 Å². The summed E-state index contributed by atoms with van der Waals surface area (Å²) in [6.07, 6.45) is 7.11. The second-order valence-corrected chi connectivity index (χ2v) is 7.74. The van der Waals surface area contributed by atoms with Gasteiger partial charge in [0.2, 0.25) is 0 Å². The standard InChI is InChI=1S/C25H22N4O3/c1-17-7-10-20(11-8-17)28-13-3-5-19-14-18(9-12-23(19)28)4-2-6-21-22(15-26)27-29(25(21)32)16-24(30)31/h2,4,6-12,14H,3,5,13,16H2,1H3,(H,30,31)/b4-2+,21-6-. The minimum Gasteiger partial charge on any atom is -0.480 e. The van der Waals surface area contributed by atoms with E-state index in [-0.39, 0.29) is 11.3 Å². The number of carbonyl (C=O) groups is 2. The minimum absolute atomic E-state index is 0.0833. The number of fused-ring (bicyclic) bond motifs is 1. The van der Waals surface area contributed by atoms with Crippen LogP contribution in [0.15, 0.2) is 65.3 Å². The minimum atomic E-state index is -1.19. The summed E-state index contributed by atoms with van der Waals surface area (Å²) in [5.41, 5.74) is 5.86. The number of rotatable bonds is 5. The number of amides is 1. The number of benzene rings is 2. The van der Waals surface area contributed by atoms with Crippen LogP contribution in [0.4, 0.5) is 11.4 Å². The van der Waals surface area contributed by atoms with Crippen molar-refractivity contribution in [1.82, 2.24) is 5.01 Å². The second kappa shape index (κ2) is 8.90. The van der Waals surface area contributed by atoms with Crippen LogP contribution in [0.25, 0.3) is 6.08 Å². The summed E-state index contributed by atoms with van der Waals surface area (Å²) >= 11 is 0. The van der Waals surface area contributed by atoms with Crippen molar-refractivity contribution in [1.29, 1.82) is 5.26 Å². The summed E-state index contributed by atoms with van der Waals surface area (Å²) in [7, 11) is 0. The lowest BCUT2D eigenvalue weighted by atomic mass is 9.98. The van der Waals surface area contributed by atoms with E-state index in [9.17, 15) is 14.9 Å². The first-order valence-corrected chi connectivity index (χ1v) is 10.3. The number of aryl methyl sites for hydroxylation is 2. The van der Waals surface area contributed by atoms with E-state index in [0.29, 0.717) is 0 Å². The highest BCUT2D eigenvalue weighted by molar-refractivity contribution is 6.30. The van der Waals surface area contributed by atoms with Crippen molar-refractivity contribution < 1.29 is 14.7 Å². The summed E-state index contributed by atoms with van der Waals surface area (Å²) in [5.74, 6) is -1.78. The second-order valence-electron chi connectivity index (χ2n) is 7.74. The van der Waals surface area contributed by atoms with Crippen LogP contribution in [-0.2, 0) is 16.0 Å². The monoisotopic (exact) mass is 426 g/mol. The van der Waals surface area contributed by atoms with Crippen LogP contribution in [0.5, 0.6) is 0 Å². The number of hydrazone groups is 1. The molecule has 2 heterocycles. The Labute approximate surface area is 186 Å². The van der Waals surface area contributed by atoms with Gasteiger partial charge in [-0.25, -0.2) is 5.01 Å². The zero-order valence-corrected chi connectivity index (χ0v) is 17.7. The molecular formula is C25H22N4O3. The van der Waals surface area contributed by atoms with E-state index in [1.54, 1.807) is 6.08 Å². The molecule has 0 aliphatic carbocycles. The summed E-state index contributed by atoms with van der Waals surface area (Å²) < 4.78 is 0. The van der Waals surface area contributed by atoms with Gasteiger partial charge in [-0.05, 0) is 61.2 Å². The Kier molecular flexibility index (Phi) is 5.86. The molecule has 7 nitrogen and oxygen atoms in total. The van der Waals surface area contributed by atoms with E-state index in [1.165, 1.54) is 28.6 Å². The van der Waals surface area contributed by atoms with Crippen LogP contribution in [-0.4, -0.2) is 40.8 Å². The number of carbonyl (C=O) groups excluding carboxylic acids is 1. The number of carboxylic acid groups (broad SMARTS) is 1. The largest absolute Gasteiger partial charge is 0.480 e. The molecule has 0 aromatic heterocycles. The van der Waals surface area contributed by atoms with Crippen LogP contribution in [0, 0.1) is 18.3 Å². The Balaban J connectivity index is 1.54. The van der Waals surface area contributed by atoms with E-state index in [4.69, 9.17) is 5.11 Å². The number of hydrogen-bond donors (Lipinski definition) is 1. The normalized spacial score (nSPS) is 16.9. The highest BCUT2D eigenvalue weighted by Gasteiger charge is 2.30. The Morgan fingerprint density at radius 2 is 2.03 bits per heavy atom. The van der Waals surface area contributed by atoms with E-state index in [1.807, 2.05) is 18.2 Å². The van der Waals surface area contributed by atoms with Gasteiger partial charge >= 0.3 is 5.97 Å². The lowest BCUT2D eigenvalue weighted by Gasteiger charge is -2.31. The zero-order valence-electron chi connectivity index (χ0n) is 17.7. The lowest BCUT2D eigenvalue weighted by Crippen LogP contribution is -2.28. The van der Waals surface area contributed by atoms with Crippen molar-refractivity contribution >= 4 is 35.0 Å². The molecule has 0 saturated heterocycles. The van der Waals surface area contributed by atoms with Gasteiger partial charge in [0.15, 0.2) is 5.71 Å². The van der Waals surface area contributed by atoms with Crippen molar-refractivity contribution in [2.75, 3.05) is 18.0 Å². The topological polar surface area (TPSA) is 97.0 Å². The summed E-state index contributed by atoms with van der Waals surface area (Å²) in [6, 6.07) is 16.6. The number of nitriles is 1. The maximum Gasteiger partial charge on any atom is 0.325 e. The molecule has 160 valence electrons. The average Bonchev–Trinajstić information content (AvgIpc) is 3.08.